The van der Waals surface area contributed by atoms with Gasteiger partial charge in [0.05, 0.1) is 18.4 Å². The Kier molecular flexibility index (Phi) is 3.10. The van der Waals surface area contributed by atoms with Crippen LogP contribution in [0.4, 0.5) is 5.69 Å². The third kappa shape index (κ3) is 2.14. The molecule has 5 nitrogen and oxygen atoms in total. The molecular formula is C12H14N2O3. The van der Waals surface area contributed by atoms with Crippen LogP contribution < -0.4 is 10.6 Å². The molecule has 1 heterocycles. The van der Waals surface area contributed by atoms with Gasteiger partial charge in [-0.25, -0.2) is 4.79 Å². The number of benzene rings is 1. The van der Waals surface area contributed by atoms with Gasteiger partial charge in [-0.1, -0.05) is 12.1 Å². The van der Waals surface area contributed by atoms with Gasteiger partial charge in [0.15, 0.2) is 0 Å². The summed E-state index contributed by atoms with van der Waals surface area (Å²) in [6.45, 7) is 0.437. The number of rotatable bonds is 2. The van der Waals surface area contributed by atoms with Crippen molar-refractivity contribution in [2.45, 2.75) is 12.5 Å². The van der Waals surface area contributed by atoms with Crippen molar-refractivity contribution in [3.8, 4) is 0 Å². The fourth-order valence-corrected chi connectivity index (χ4v) is 1.96. The van der Waals surface area contributed by atoms with E-state index in [0.29, 0.717) is 24.2 Å². The first kappa shape index (κ1) is 11.6. The maximum absolute atomic E-state index is 11.7. The molecule has 1 aromatic rings. The second-order valence-corrected chi connectivity index (χ2v) is 3.98. The summed E-state index contributed by atoms with van der Waals surface area (Å²) in [5.41, 5.74) is 6.69. The van der Waals surface area contributed by atoms with E-state index in [9.17, 15) is 9.59 Å². The number of carbonyl (C=O) groups excluding carboxylic acids is 2. The Bertz CT molecular complexity index is 459. The molecule has 0 radical (unpaired) electrons. The zero-order chi connectivity index (χ0) is 12.4. The predicted octanol–water partition coefficient (Wildman–Crippen LogP) is 0.537. The second kappa shape index (κ2) is 4.55. The van der Waals surface area contributed by atoms with E-state index in [4.69, 9.17) is 10.5 Å². The van der Waals surface area contributed by atoms with Crippen LogP contribution in [0.1, 0.15) is 16.8 Å². The number of anilines is 1. The molecule has 1 aromatic carbocycles. The van der Waals surface area contributed by atoms with Gasteiger partial charge in [0.2, 0.25) is 5.91 Å². The number of hydrogen-bond donors (Lipinski definition) is 1. The molecule has 17 heavy (non-hydrogen) atoms. The summed E-state index contributed by atoms with van der Waals surface area (Å²) >= 11 is 0. The Hall–Kier alpha value is -1.88. The number of esters is 1. The van der Waals surface area contributed by atoms with Crippen LogP contribution >= 0.6 is 0 Å². The number of methoxy groups -OCH3 is 1. The highest BCUT2D eigenvalue weighted by molar-refractivity contribution is 6.03. The van der Waals surface area contributed by atoms with E-state index in [-0.39, 0.29) is 11.9 Å². The molecule has 0 bridgehead atoms. The van der Waals surface area contributed by atoms with Crippen molar-refractivity contribution in [2.24, 2.45) is 5.73 Å². The molecule has 0 spiro atoms. The van der Waals surface area contributed by atoms with Crippen molar-refractivity contribution in [2.75, 3.05) is 18.6 Å². The monoisotopic (exact) mass is 234 g/mol. The van der Waals surface area contributed by atoms with E-state index in [1.807, 2.05) is 0 Å². The molecular weight excluding hydrogens is 220 g/mol. The van der Waals surface area contributed by atoms with E-state index in [1.165, 1.54) is 12.0 Å². The van der Waals surface area contributed by atoms with Crippen LogP contribution in [0, 0.1) is 0 Å². The number of ether oxygens (including phenoxy) is 1. The maximum atomic E-state index is 11.7. The average molecular weight is 234 g/mol. The van der Waals surface area contributed by atoms with E-state index >= 15 is 0 Å². The Balaban J connectivity index is 2.38. The highest BCUT2D eigenvalue weighted by Crippen LogP contribution is 2.25. The molecule has 2 N–H and O–H groups in total. The van der Waals surface area contributed by atoms with Crippen LogP contribution in [-0.4, -0.2) is 31.6 Å². The fourth-order valence-electron chi connectivity index (χ4n) is 1.96. The maximum Gasteiger partial charge on any atom is 0.339 e. The molecule has 1 fully saturated rings. The van der Waals surface area contributed by atoms with Crippen LogP contribution in [0.25, 0.3) is 0 Å². The SMILES string of the molecule is COC(=O)c1ccccc1N1CC(N)CC1=O. The van der Waals surface area contributed by atoms with E-state index < -0.39 is 5.97 Å². The first-order valence-corrected chi connectivity index (χ1v) is 5.36. The van der Waals surface area contributed by atoms with Gasteiger partial charge in [-0.3, -0.25) is 4.79 Å². The van der Waals surface area contributed by atoms with Gasteiger partial charge in [0, 0.05) is 19.0 Å². The van der Waals surface area contributed by atoms with E-state index in [2.05, 4.69) is 0 Å². The highest BCUT2D eigenvalue weighted by Gasteiger charge is 2.30. The van der Waals surface area contributed by atoms with Crippen molar-refractivity contribution >= 4 is 17.6 Å². The van der Waals surface area contributed by atoms with Crippen molar-refractivity contribution < 1.29 is 14.3 Å². The lowest BCUT2D eigenvalue weighted by Crippen LogP contribution is -2.29. The van der Waals surface area contributed by atoms with Gasteiger partial charge >= 0.3 is 5.97 Å². The normalized spacial score (nSPS) is 19.5. The topological polar surface area (TPSA) is 72.6 Å². The van der Waals surface area contributed by atoms with Crippen molar-refractivity contribution in [3.05, 3.63) is 29.8 Å². The van der Waals surface area contributed by atoms with E-state index in [1.54, 1.807) is 24.3 Å². The van der Waals surface area contributed by atoms with Crippen molar-refractivity contribution in [3.63, 3.8) is 0 Å². The lowest BCUT2D eigenvalue weighted by molar-refractivity contribution is -0.117. The van der Waals surface area contributed by atoms with Crippen LogP contribution in [0.3, 0.4) is 0 Å². The quantitative estimate of drug-likeness (QED) is 0.758. The highest BCUT2D eigenvalue weighted by atomic mass is 16.5. The minimum absolute atomic E-state index is 0.0612. The number of nitrogens with two attached hydrogens (primary N) is 1. The minimum atomic E-state index is -0.450. The molecule has 5 heteroatoms. The van der Waals surface area contributed by atoms with Crippen LogP contribution in [0.5, 0.6) is 0 Å². The Labute approximate surface area is 99.2 Å². The summed E-state index contributed by atoms with van der Waals surface area (Å²) in [5.74, 6) is -0.511. The zero-order valence-electron chi connectivity index (χ0n) is 9.55. The second-order valence-electron chi connectivity index (χ2n) is 3.98. The van der Waals surface area contributed by atoms with Crippen molar-refractivity contribution in [1.82, 2.24) is 0 Å². The minimum Gasteiger partial charge on any atom is -0.465 e. The van der Waals surface area contributed by atoms with Gasteiger partial charge in [-0.15, -0.1) is 0 Å². The van der Waals surface area contributed by atoms with E-state index in [0.717, 1.165) is 0 Å². The van der Waals surface area contributed by atoms with Crippen LogP contribution in [0.2, 0.25) is 0 Å². The van der Waals surface area contributed by atoms with Gasteiger partial charge < -0.3 is 15.4 Å². The molecule has 90 valence electrons. The zero-order valence-corrected chi connectivity index (χ0v) is 9.55. The fraction of sp³-hybridized carbons (Fsp3) is 0.333. The number of hydrogen-bond acceptors (Lipinski definition) is 4. The Morgan fingerprint density at radius 2 is 2.18 bits per heavy atom. The summed E-state index contributed by atoms with van der Waals surface area (Å²) in [6.07, 6.45) is 0.315. The number of nitrogens with zero attached hydrogens (tertiary/aromatic N) is 1. The van der Waals surface area contributed by atoms with Gasteiger partial charge in [-0.2, -0.15) is 0 Å². The molecule has 1 aliphatic heterocycles. The largest absolute Gasteiger partial charge is 0.465 e. The third-order valence-corrected chi connectivity index (χ3v) is 2.76. The van der Waals surface area contributed by atoms with Gasteiger partial charge in [0.25, 0.3) is 0 Å². The summed E-state index contributed by atoms with van der Waals surface area (Å²) in [6, 6.07) is 6.70. The molecule has 1 unspecified atom stereocenters. The first-order valence-electron chi connectivity index (χ1n) is 5.36. The Morgan fingerprint density at radius 3 is 2.76 bits per heavy atom. The smallest absolute Gasteiger partial charge is 0.339 e. The summed E-state index contributed by atoms with van der Waals surface area (Å²) < 4.78 is 4.69. The standard InChI is InChI=1S/C12H14N2O3/c1-17-12(16)9-4-2-3-5-10(9)14-7-8(13)6-11(14)15/h2-5,8H,6-7,13H2,1H3. The molecule has 0 saturated carbocycles. The molecule has 0 aromatic heterocycles. The third-order valence-electron chi connectivity index (χ3n) is 2.76. The number of para-hydroxylation sites is 1. The molecule has 1 atom stereocenters. The molecule has 1 saturated heterocycles. The van der Waals surface area contributed by atoms with Gasteiger partial charge in [-0.05, 0) is 12.1 Å². The van der Waals surface area contributed by atoms with Crippen LogP contribution in [-0.2, 0) is 9.53 Å². The number of amides is 1. The summed E-state index contributed by atoms with van der Waals surface area (Å²) in [4.78, 5) is 24.9. The number of carbonyl (C=O) groups is 2. The van der Waals surface area contributed by atoms with Crippen molar-refractivity contribution in [1.29, 1.82) is 0 Å². The van der Waals surface area contributed by atoms with Crippen LogP contribution in [0.15, 0.2) is 24.3 Å². The average Bonchev–Trinajstić information content (AvgIpc) is 2.67. The first-order chi connectivity index (χ1) is 8.13. The van der Waals surface area contributed by atoms with Gasteiger partial charge in [0.1, 0.15) is 0 Å². The molecule has 2 rings (SSSR count). The molecule has 0 aliphatic carbocycles. The molecule has 1 amide bonds. The lowest BCUT2D eigenvalue weighted by Gasteiger charge is -2.18. The summed E-state index contributed by atoms with van der Waals surface area (Å²) in [5, 5.41) is 0. The lowest BCUT2D eigenvalue weighted by atomic mass is 10.1. The Morgan fingerprint density at radius 1 is 1.47 bits per heavy atom. The predicted molar refractivity (Wildman–Crippen MR) is 62.7 cm³/mol. The molecule has 1 aliphatic rings. The summed E-state index contributed by atoms with van der Waals surface area (Å²) in [7, 11) is 1.32.